The molecule has 1 aliphatic carbocycles. The van der Waals surface area contributed by atoms with Crippen molar-refractivity contribution in [2.75, 3.05) is 7.05 Å². The molecule has 0 saturated heterocycles. The van der Waals surface area contributed by atoms with Gasteiger partial charge >= 0.3 is 13.9 Å². The van der Waals surface area contributed by atoms with Gasteiger partial charge in [-0.05, 0) is 0 Å². The zero-order valence-electron chi connectivity index (χ0n) is 10.2. The second-order valence-electron chi connectivity index (χ2n) is 4.14. The quantitative estimate of drug-likeness (QED) is 0.259. The summed E-state index contributed by atoms with van der Waals surface area (Å²) in [5, 5.41) is 40.5. The molecule has 1 amide bonds. The zero-order valence-corrected chi connectivity index (χ0v) is 11.1. The first-order chi connectivity index (χ1) is 9.08. The van der Waals surface area contributed by atoms with E-state index < -0.39 is 50.5 Å². The van der Waals surface area contributed by atoms with Crippen molar-refractivity contribution in [3.63, 3.8) is 0 Å². The van der Waals surface area contributed by atoms with Crippen LogP contribution in [0.3, 0.4) is 0 Å². The van der Waals surface area contributed by atoms with Gasteiger partial charge in [0.05, 0.1) is 0 Å². The average Bonchev–Trinajstić information content (AvgIpc) is 2.36. The molecule has 0 aromatic rings. The van der Waals surface area contributed by atoms with E-state index >= 15 is 0 Å². The first-order valence-corrected chi connectivity index (χ1v) is 6.96. The number of phosphoric ester groups is 1. The highest BCUT2D eigenvalue weighted by Crippen LogP contribution is 2.41. The third-order valence-electron chi connectivity index (χ3n) is 2.75. The lowest BCUT2D eigenvalue weighted by molar-refractivity contribution is -0.219. The number of aliphatic hydroxyl groups is 4. The minimum Gasteiger partial charge on any atom is -0.440 e. The van der Waals surface area contributed by atoms with Gasteiger partial charge in [0.1, 0.15) is 30.5 Å². The van der Waals surface area contributed by atoms with E-state index in [9.17, 15) is 29.8 Å². The fraction of sp³-hybridized carbons (Fsp3) is 0.875. The minimum absolute atomic E-state index is 1.06. The van der Waals surface area contributed by atoms with Crippen LogP contribution in [0.4, 0.5) is 4.79 Å². The van der Waals surface area contributed by atoms with Gasteiger partial charge in [0, 0.05) is 7.05 Å². The summed E-state index contributed by atoms with van der Waals surface area (Å²) in [5.74, 6) is 0. The van der Waals surface area contributed by atoms with Crippen LogP contribution in [0, 0.1) is 0 Å². The number of nitrogens with one attached hydrogen (secondary N) is 1. The maximum Gasteiger partial charge on any atom is 0.470 e. The van der Waals surface area contributed by atoms with Gasteiger partial charge in [0.25, 0.3) is 0 Å². The number of phosphoric acid groups is 1. The van der Waals surface area contributed by atoms with Crippen LogP contribution in [0.5, 0.6) is 0 Å². The second-order valence-corrected chi connectivity index (χ2v) is 5.33. The van der Waals surface area contributed by atoms with Crippen molar-refractivity contribution in [3.8, 4) is 0 Å². The van der Waals surface area contributed by atoms with Gasteiger partial charge in [0.2, 0.25) is 0 Å². The molecule has 0 unspecified atom stereocenters. The molecular formula is C8H16NO10P. The molecule has 0 aromatic carbocycles. The summed E-state index contributed by atoms with van der Waals surface area (Å²) < 4.78 is 19.5. The lowest BCUT2D eigenvalue weighted by atomic mass is 9.85. The van der Waals surface area contributed by atoms with Crippen LogP contribution >= 0.6 is 7.82 Å². The maximum absolute atomic E-state index is 11.1. The lowest BCUT2D eigenvalue weighted by Crippen LogP contribution is -2.65. The number of carbonyl (C=O) groups is 1. The number of aliphatic hydroxyl groups excluding tert-OH is 4. The van der Waals surface area contributed by atoms with Gasteiger partial charge in [-0.15, -0.1) is 0 Å². The van der Waals surface area contributed by atoms with Gasteiger partial charge in [-0.2, -0.15) is 0 Å². The zero-order chi connectivity index (χ0) is 15.7. The highest BCUT2D eigenvalue weighted by atomic mass is 31.2. The summed E-state index contributed by atoms with van der Waals surface area (Å²) in [5.41, 5.74) is 0. The van der Waals surface area contributed by atoms with E-state index in [1.807, 2.05) is 5.32 Å². The van der Waals surface area contributed by atoms with Crippen LogP contribution < -0.4 is 5.32 Å². The summed E-state index contributed by atoms with van der Waals surface area (Å²) in [6, 6.07) is 0. The van der Waals surface area contributed by atoms with Crippen molar-refractivity contribution < 1.29 is 48.8 Å². The third kappa shape index (κ3) is 3.87. The molecule has 118 valence electrons. The Bertz CT molecular complexity index is 399. The summed E-state index contributed by atoms with van der Waals surface area (Å²) in [7, 11) is -3.90. The highest BCUT2D eigenvalue weighted by molar-refractivity contribution is 7.46. The van der Waals surface area contributed by atoms with Crippen LogP contribution in [-0.2, 0) is 13.8 Å². The summed E-state index contributed by atoms with van der Waals surface area (Å²) in [6.45, 7) is 0. The van der Waals surface area contributed by atoms with Gasteiger partial charge in [0.15, 0.2) is 6.10 Å². The molecule has 0 spiro atoms. The summed E-state index contributed by atoms with van der Waals surface area (Å²) in [6.07, 6.45) is -12.5. The predicted molar refractivity (Wildman–Crippen MR) is 60.3 cm³/mol. The van der Waals surface area contributed by atoms with Crippen molar-refractivity contribution >= 4 is 13.9 Å². The fourth-order valence-electron chi connectivity index (χ4n) is 1.79. The molecule has 0 heterocycles. The largest absolute Gasteiger partial charge is 0.470 e. The average molecular weight is 317 g/mol. The Kier molecular flexibility index (Phi) is 5.46. The number of hydrogen-bond acceptors (Lipinski definition) is 8. The number of alkyl carbamates (subject to hydrolysis) is 1. The monoisotopic (exact) mass is 317 g/mol. The predicted octanol–water partition coefficient (Wildman–Crippen LogP) is -3.35. The van der Waals surface area contributed by atoms with Gasteiger partial charge in [-0.1, -0.05) is 0 Å². The molecule has 0 bridgehead atoms. The van der Waals surface area contributed by atoms with Crippen molar-refractivity contribution in [1.29, 1.82) is 0 Å². The second kappa shape index (κ2) is 6.33. The van der Waals surface area contributed by atoms with Crippen molar-refractivity contribution in [3.05, 3.63) is 0 Å². The Morgan fingerprint density at radius 2 is 1.50 bits per heavy atom. The number of ether oxygens (including phenoxy) is 1. The molecule has 1 rings (SSSR count). The van der Waals surface area contributed by atoms with Crippen LogP contribution in [0.25, 0.3) is 0 Å². The number of rotatable bonds is 3. The normalized spacial score (nSPS) is 38.4. The van der Waals surface area contributed by atoms with Gasteiger partial charge in [-0.25, -0.2) is 9.36 Å². The molecule has 12 heteroatoms. The van der Waals surface area contributed by atoms with E-state index in [0.29, 0.717) is 0 Å². The van der Waals surface area contributed by atoms with Crippen LogP contribution in [0.15, 0.2) is 0 Å². The number of carbonyl (C=O) groups excluding carboxylic acids is 1. The smallest absolute Gasteiger partial charge is 0.440 e. The topological polar surface area (TPSA) is 186 Å². The van der Waals surface area contributed by atoms with Gasteiger partial charge < -0.3 is 40.3 Å². The molecule has 11 nitrogen and oxygen atoms in total. The molecule has 20 heavy (non-hydrogen) atoms. The van der Waals surface area contributed by atoms with Crippen LogP contribution in [0.1, 0.15) is 0 Å². The van der Waals surface area contributed by atoms with E-state index in [2.05, 4.69) is 9.26 Å². The van der Waals surface area contributed by atoms with Crippen molar-refractivity contribution in [1.82, 2.24) is 5.32 Å². The maximum atomic E-state index is 11.1. The third-order valence-corrected chi connectivity index (χ3v) is 3.27. The Labute approximate surface area is 113 Å². The Morgan fingerprint density at radius 3 is 1.95 bits per heavy atom. The summed E-state index contributed by atoms with van der Waals surface area (Å²) >= 11 is 0. The van der Waals surface area contributed by atoms with Gasteiger partial charge in [-0.3, -0.25) is 4.52 Å². The molecule has 0 aliphatic heterocycles. The SMILES string of the molecule is CNC(=O)O[C@H]1[C@@H](O)[C@@H](OP(=O)(O)O)[C@H](O)[C@@H](O)[C@@H]1O. The van der Waals surface area contributed by atoms with E-state index in [1.54, 1.807) is 0 Å². The molecule has 0 aromatic heterocycles. The van der Waals surface area contributed by atoms with E-state index in [4.69, 9.17) is 9.79 Å². The molecule has 1 fully saturated rings. The molecule has 1 saturated carbocycles. The molecule has 1 aliphatic rings. The molecule has 6 atom stereocenters. The van der Waals surface area contributed by atoms with Crippen LogP contribution in [0.2, 0.25) is 0 Å². The Hall–Kier alpha value is -0.780. The van der Waals surface area contributed by atoms with Crippen molar-refractivity contribution in [2.24, 2.45) is 0 Å². The van der Waals surface area contributed by atoms with E-state index in [0.717, 1.165) is 0 Å². The first kappa shape index (κ1) is 17.3. The highest BCUT2D eigenvalue weighted by Gasteiger charge is 2.53. The van der Waals surface area contributed by atoms with E-state index in [1.165, 1.54) is 7.05 Å². The standard InChI is InChI=1S/C8H16NO10P/c1-9-8(14)18-6-3(11)2(10)4(12)7(5(6)13)19-20(15,16)17/h2-7,10-13H,1H3,(H,9,14)(H2,15,16,17)/t2-,3-,4+,5+,6+,7-/m0/s1. The fourth-order valence-corrected chi connectivity index (χ4v) is 2.35. The lowest BCUT2D eigenvalue weighted by Gasteiger charge is -2.42. The minimum atomic E-state index is -5.09. The Balaban J connectivity index is 2.96. The van der Waals surface area contributed by atoms with Crippen LogP contribution in [-0.4, -0.2) is 80.0 Å². The molecule has 7 N–H and O–H groups in total. The Morgan fingerprint density at radius 1 is 1.00 bits per heavy atom. The van der Waals surface area contributed by atoms with Crippen molar-refractivity contribution in [2.45, 2.75) is 36.6 Å². The number of hydrogen-bond donors (Lipinski definition) is 7. The first-order valence-electron chi connectivity index (χ1n) is 5.43. The number of amides is 1. The van der Waals surface area contributed by atoms with E-state index in [-0.39, 0.29) is 0 Å². The summed E-state index contributed by atoms with van der Waals surface area (Å²) in [4.78, 5) is 28.4. The molecular weight excluding hydrogens is 301 g/mol. The molecule has 0 radical (unpaired) electrons.